The van der Waals surface area contributed by atoms with Gasteiger partial charge in [0.15, 0.2) is 0 Å². The van der Waals surface area contributed by atoms with Crippen LogP contribution in [0.4, 0.5) is 0 Å². The lowest BCUT2D eigenvalue weighted by Gasteiger charge is -2.37. The van der Waals surface area contributed by atoms with E-state index in [0.717, 1.165) is 31.2 Å². The molecule has 1 aliphatic carbocycles. The van der Waals surface area contributed by atoms with E-state index in [-0.39, 0.29) is 5.91 Å². The molecule has 0 N–H and O–H groups in total. The Balaban J connectivity index is 1.92. The summed E-state index contributed by atoms with van der Waals surface area (Å²) in [4.78, 5) is 11.9. The van der Waals surface area contributed by atoms with Crippen LogP contribution in [0, 0.1) is 0 Å². The van der Waals surface area contributed by atoms with E-state index >= 15 is 0 Å². The number of hydrogen-bond acceptors (Lipinski definition) is 3. The quantitative estimate of drug-likeness (QED) is 0.794. The number of carbonyl (C=O) groups excluding carboxylic acids is 1. The standard InChI is InChI=1S/C15H17ClN2O2/c1-11(19)18-15(9-3-2-4-10-15)20-14(17-18)12-5-7-13(16)8-6-12/h5-8H,2-4,9-10H2,1H3. The molecule has 3 rings (SSSR count). The third-order valence-electron chi connectivity index (χ3n) is 3.89. The molecule has 0 bridgehead atoms. The topological polar surface area (TPSA) is 41.9 Å². The highest BCUT2D eigenvalue weighted by atomic mass is 35.5. The van der Waals surface area contributed by atoms with Crippen molar-refractivity contribution < 1.29 is 9.53 Å². The van der Waals surface area contributed by atoms with Crippen LogP contribution in [0.25, 0.3) is 0 Å². The Bertz CT molecular complexity index is 547. The van der Waals surface area contributed by atoms with E-state index in [0.29, 0.717) is 10.9 Å². The van der Waals surface area contributed by atoms with E-state index in [9.17, 15) is 4.79 Å². The lowest BCUT2D eigenvalue weighted by Crippen LogP contribution is -2.48. The molecule has 4 nitrogen and oxygen atoms in total. The molecule has 20 heavy (non-hydrogen) atoms. The molecule has 2 aliphatic rings. The molecule has 1 heterocycles. The van der Waals surface area contributed by atoms with E-state index in [1.165, 1.54) is 18.4 Å². The highest BCUT2D eigenvalue weighted by molar-refractivity contribution is 6.30. The monoisotopic (exact) mass is 292 g/mol. The number of hydrogen-bond donors (Lipinski definition) is 0. The highest BCUT2D eigenvalue weighted by Gasteiger charge is 2.47. The molecule has 1 amide bonds. The second kappa shape index (κ2) is 5.09. The smallest absolute Gasteiger partial charge is 0.243 e. The number of nitrogens with zero attached hydrogens (tertiary/aromatic N) is 2. The Morgan fingerprint density at radius 1 is 1.25 bits per heavy atom. The fraction of sp³-hybridized carbons (Fsp3) is 0.467. The number of carbonyl (C=O) groups is 1. The molecule has 5 heteroatoms. The van der Waals surface area contributed by atoms with Crippen molar-refractivity contribution in [2.75, 3.05) is 0 Å². The molecular formula is C15H17ClN2O2. The van der Waals surface area contributed by atoms with Crippen LogP contribution in [-0.2, 0) is 9.53 Å². The van der Waals surface area contributed by atoms with Crippen LogP contribution in [0.2, 0.25) is 5.02 Å². The van der Waals surface area contributed by atoms with Crippen molar-refractivity contribution in [2.45, 2.75) is 44.8 Å². The van der Waals surface area contributed by atoms with Crippen molar-refractivity contribution >= 4 is 23.4 Å². The molecule has 1 fully saturated rings. The van der Waals surface area contributed by atoms with Gasteiger partial charge in [-0.1, -0.05) is 18.0 Å². The van der Waals surface area contributed by atoms with Gasteiger partial charge in [-0.2, -0.15) is 5.01 Å². The first-order valence-corrected chi connectivity index (χ1v) is 7.33. The minimum absolute atomic E-state index is 0.0733. The predicted octanol–water partition coefficient (Wildman–Crippen LogP) is 3.54. The molecule has 1 aromatic rings. The van der Waals surface area contributed by atoms with E-state index in [1.807, 2.05) is 12.1 Å². The molecule has 106 valence electrons. The Hall–Kier alpha value is -1.55. The van der Waals surface area contributed by atoms with E-state index < -0.39 is 5.72 Å². The second-order valence-electron chi connectivity index (χ2n) is 5.35. The molecule has 1 aliphatic heterocycles. The van der Waals surface area contributed by atoms with Crippen LogP contribution in [0.15, 0.2) is 29.4 Å². The summed E-state index contributed by atoms with van der Waals surface area (Å²) in [5, 5.41) is 6.59. The lowest BCUT2D eigenvalue weighted by molar-refractivity contribution is -0.151. The van der Waals surface area contributed by atoms with Gasteiger partial charge in [0.05, 0.1) is 0 Å². The molecule has 0 aromatic heterocycles. The van der Waals surface area contributed by atoms with E-state index in [4.69, 9.17) is 16.3 Å². The largest absolute Gasteiger partial charge is 0.447 e. The molecular weight excluding hydrogens is 276 g/mol. The first-order chi connectivity index (χ1) is 9.61. The van der Waals surface area contributed by atoms with Crippen LogP contribution in [0.3, 0.4) is 0 Å². The zero-order chi connectivity index (χ0) is 14.2. The molecule has 1 aromatic carbocycles. The van der Waals surface area contributed by atoms with Gasteiger partial charge in [-0.3, -0.25) is 4.79 Å². The first kappa shape index (κ1) is 13.4. The number of rotatable bonds is 1. The van der Waals surface area contributed by atoms with Crippen molar-refractivity contribution in [1.82, 2.24) is 5.01 Å². The maximum Gasteiger partial charge on any atom is 0.243 e. The summed E-state index contributed by atoms with van der Waals surface area (Å²) in [6.45, 7) is 1.54. The number of halogens is 1. The number of ether oxygens (including phenoxy) is 1. The van der Waals surface area contributed by atoms with Crippen LogP contribution >= 0.6 is 11.6 Å². The summed E-state index contributed by atoms with van der Waals surface area (Å²) in [6, 6.07) is 7.32. The summed E-state index contributed by atoms with van der Waals surface area (Å²) in [5.41, 5.74) is 0.280. The van der Waals surface area contributed by atoms with Gasteiger partial charge in [0.1, 0.15) is 0 Å². The van der Waals surface area contributed by atoms with Gasteiger partial charge < -0.3 is 4.74 Å². The zero-order valence-electron chi connectivity index (χ0n) is 11.4. The van der Waals surface area contributed by atoms with Crippen LogP contribution in [0.5, 0.6) is 0 Å². The highest BCUT2D eigenvalue weighted by Crippen LogP contribution is 2.39. The van der Waals surface area contributed by atoms with Gasteiger partial charge in [-0.15, -0.1) is 5.10 Å². The maximum absolute atomic E-state index is 11.9. The average molecular weight is 293 g/mol. The molecule has 1 saturated carbocycles. The Labute approximate surface area is 123 Å². The van der Waals surface area contributed by atoms with Crippen molar-refractivity contribution in [3.05, 3.63) is 34.9 Å². The second-order valence-corrected chi connectivity index (χ2v) is 5.79. The van der Waals surface area contributed by atoms with E-state index in [1.54, 1.807) is 12.1 Å². The SMILES string of the molecule is CC(=O)N1N=C(c2ccc(Cl)cc2)OC12CCCCC2. The number of hydrazone groups is 1. The molecule has 0 atom stereocenters. The summed E-state index contributed by atoms with van der Waals surface area (Å²) in [6.07, 6.45) is 4.99. The summed E-state index contributed by atoms with van der Waals surface area (Å²) < 4.78 is 6.10. The van der Waals surface area contributed by atoms with Crippen LogP contribution in [-0.4, -0.2) is 22.5 Å². The predicted molar refractivity (Wildman–Crippen MR) is 77.4 cm³/mol. The van der Waals surface area contributed by atoms with Gasteiger partial charge in [-0.25, -0.2) is 0 Å². The summed E-state index contributed by atoms with van der Waals surface area (Å²) in [5.74, 6) is 0.439. The minimum Gasteiger partial charge on any atom is -0.447 e. The van der Waals surface area contributed by atoms with Crippen molar-refractivity contribution in [3.63, 3.8) is 0 Å². The molecule has 0 unspecified atom stereocenters. The van der Waals surface area contributed by atoms with E-state index in [2.05, 4.69) is 5.10 Å². The third-order valence-corrected chi connectivity index (χ3v) is 4.14. The van der Waals surface area contributed by atoms with Crippen molar-refractivity contribution in [3.8, 4) is 0 Å². The fourth-order valence-corrected chi connectivity index (χ4v) is 3.04. The summed E-state index contributed by atoms with van der Waals surface area (Å²) in [7, 11) is 0. The lowest BCUT2D eigenvalue weighted by atomic mass is 9.91. The average Bonchev–Trinajstić information content (AvgIpc) is 2.80. The normalized spacial score (nSPS) is 20.7. The number of amides is 1. The van der Waals surface area contributed by atoms with Gasteiger partial charge in [-0.05, 0) is 37.1 Å². The third kappa shape index (κ3) is 2.29. The Morgan fingerprint density at radius 3 is 2.50 bits per heavy atom. The van der Waals surface area contributed by atoms with Gasteiger partial charge in [0, 0.05) is 30.4 Å². The zero-order valence-corrected chi connectivity index (χ0v) is 12.2. The number of benzene rings is 1. The van der Waals surface area contributed by atoms with Crippen LogP contribution < -0.4 is 0 Å². The summed E-state index contributed by atoms with van der Waals surface area (Å²) >= 11 is 5.89. The van der Waals surface area contributed by atoms with Gasteiger partial charge in [0.2, 0.25) is 17.5 Å². The first-order valence-electron chi connectivity index (χ1n) is 6.95. The van der Waals surface area contributed by atoms with Gasteiger partial charge in [0.25, 0.3) is 0 Å². The molecule has 0 saturated heterocycles. The Kier molecular flexibility index (Phi) is 3.42. The van der Waals surface area contributed by atoms with Crippen molar-refractivity contribution in [2.24, 2.45) is 5.10 Å². The van der Waals surface area contributed by atoms with Crippen molar-refractivity contribution in [1.29, 1.82) is 0 Å². The van der Waals surface area contributed by atoms with Crippen LogP contribution in [0.1, 0.15) is 44.6 Å². The Morgan fingerprint density at radius 2 is 1.90 bits per heavy atom. The fourth-order valence-electron chi connectivity index (χ4n) is 2.91. The van der Waals surface area contributed by atoms with Gasteiger partial charge >= 0.3 is 0 Å². The molecule has 1 spiro atoms. The minimum atomic E-state index is -0.570. The maximum atomic E-state index is 11.9. The molecule has 0 radical (unpaired) electrons.